The highest BCUT2D eigenvalue weighted by Crippen LogP contribution is 2.25. The van der Waals surface area contributed by atoms with Crippen LogP contribution in [-0.2, 0) is 22.3 Å². The maximum absolute atomic E-state index is 12.7. The molecule has 1 aromatic rings. The summed E-state index contributed by atoms with van der Waals surface area (Å²) in [6, 6.07) is 7.77. The van der Waals surface area contributed by atoms with Crippen LogP contribution in [0.1, 0.15) is 50.2 Å². The molecule has 0 saturated carbocycles. The topological polar surface area (TPSA) is 63.4 Å². The molecule has 1 aliphatic rings. The minimum Gasteiger partial charge on any atom is -0.326 e. The summed E-state index contributed by atoms with van der Waals surface area (Å²) in [4.78, 5) is 0. The Morgan fingerprint density at radius 2 is 2.05 bits per heavy atom. The van der Waals surface area contributed by atoms with E-state index in [1.807, 2.05) is 24.3 Å². The second kappa shape index (κ2) is 7.38. The van der Waals surface area contributed by atoms with Crippen LogP contribution in [0, 0.1) is 0 Å². The lowest BCUT2D eigenvalue weighted by molar-refractivity contribution is 0.239. The average Bonchev–Trinajstić information content (AvgIpc) is 2.48. The molecule has 1 aromatic carbocycles. The molecular weight excluding hydrogens is 284 g/mol. The van der Waals surface area contributed by atoms with Crippen molar-refractivity contribution in [1.29, 1.82) is 0 Å². The number of rotatable bonds is 6. The lowest BCUT2D eigenvalue weighted by Gasteiger charge is -2.34. The van der Waals surface area contributed by atoms with Gasteiger partial charge in [-0.25, -0.2) is 8.42 Å². The number of nitrogens with zero attached hydrogens (tertiary/aromatic N) is 1. The molecule has 2 N–H and O–H groups in total. The quantitative estimate of drug-likeness (QED) is 0.878. The summed E-state index contributed by atoms with van der Waals surface area (Å²) in [6.07, 6.45) is 5.10. The Kier molecular flexibility index (Phi) is 5.79. The van der Waals surface area contributed by atoms with Gasteiger partial charge < -0.3 is 5.73 Å². The van der Waals surface area contributed by atoms with E-state index in [9.17, 15) is 8.42 Å². The van der Waals surface area contributed by atoms with Crippen molar-refractivity contribution < 1.29 is 8.42 Å². The standard InChI is InChI=1S/C16H26N2O2S/c1-2-6-16-9-3-4-10-18(16)21(19,20)13-15-8-5-7-14(11-15)12-17/h5,7-8,11,16H,2-4,6,9-10,12-13,17H2,1H3. The Morgan fingerprint density at radius 1 is 1.29 bits per heavy atom. The van der Waals surface area contributed by atoms with E-state index in [0.717, 1.165) is 43.2 Å². The maximum Gasteiger partial charge on any atom is 0.218 e. The summed E-state index contributed by atoms with van der Waals surface area (Å²) in [5.41, 5.74) is 7.44. The maximum atomic E-state index is 12.7. The van der Waals surface area contributed by atoms with Gasteiger partial charge in [0.25, 0.3) is 0 Å². The fourth-order valence-electron chi connectivity index (χ4n) is 3.10. The monoisotopic (exact) mass is 310 g/mol. The third-order valence-corrected chi connectivity index (χ3v) is 6.02. The van der Waals surface area contributed by atoms with Crippen LogP contribution in [0.5, 0.6) is 0 Å². The van der Waals surface area contributed by atoms with E-state index in [1.54, 1.807) is 4.31 Å². The minimum atomic E-state index is -3.24. The highest BCUT2D eigenvalue weighted by Gasteiger charge is 2.31. The first-order chi connectivity index (χ1) is 10.1. The van der Waals surface area contributed by atoms with Gasteiger partial charge in [0, 0.05) is 19.1 Å². The first kappa shape index (κ1) is 16.5. The normalized spacial score (nSPS) is 20.6. The van der Waals surface area contributed by atoms with Crippen molar-refractivity contribution in [3.05, 3.63) is 35.4 Å². The summed E-state index contributed by atoms with van der Waals surface area (Å²) < 4.78 is 27.2. The van der Waals surface area contributed by atoms with Crippen LogP contribution in [0.2, 0.25) is 0 Å². The van der Waals surface area contributed by atoms with Crippen molar-refractivity contribution in [2.75, 3.05) is 6.54 Å². The van der Waals surface area contributed by atoms with Gasteiger partial charge in [-0.1, -0.05) is 44.0 Å². The van der Waals surface area contributed by atoms with Crippen LogP contribution in [0.4, 0.5) is 0 Å². The molecule has 0 aliphatic carbocycles. The van der Waals surface area contributed by atoms with Crippen LogP contribution in [0.15, 0.2) is 24.3 Å². The molecule has 21 heavy (non-hydrogen) atoms. The Labute approximate surface area is 128 Å². The molecule has 0 radical (unpaired) electrons. The fourth-order valence-corrected chi connectivity index (χ4v) is 4.94. The zero-order chi connectivity index (χ0) is 15.3. The molecule has 1 saturated heterocycles. The second-order valence-electron chi connectivity index (χ2n) is 5.83. The van der Waals surface area contributed by atoms with Gasteiger partial charge in [0.15, 0.2) is 0 Å². The van der Waals surface area contributed by atoms with E-state index in [1.165, 1.54) is 0 Å². The largest absolute Gasteiger partial charge is 0.326 e. The number of sulfonamides is 1. The molecule has 0 amide bonds. The number of benzene rings is 1. The van der Waals surface area contributed by atoms with Crippen LogP contribution < -0.4 is 5.73 Å². The summed E-state index contributed by atoms with van der Waals surface area (Å²) in [5, 5.41) is 0. The molecule has 1 heterocycles. The third kappa shape index (κ3) is 4.28. The fraction of sp³-hybridized carbons (Fsp3) is 0.625. The van der Waals surface area contributed by atoms with Gasteiger partial charge in [-0.2, -0.15) is 4.31 Å². The number of hydrogen-bond acceptors (Lipinski definition) is 3. The molecule has 1 unspecified atom stereocenters. The first-order valence-corrected chi connectivity index (χ1v) is 9.45. The number of nitrogens with two attached hydrogens (primary N) is 1. The molecule has 1 fully saturated rings. The Balaban J connectivity index is 2.15. The van der Waals surface area contributed by atoms with Crippen molar-refractivity contribution >= 4 is 10.0 Å². The molecule has 118 valence electrons. The summed E-state index contributed by atoms with van der Waals surface area (Å²) in [6.45, 7) is 3.23. The van der Waals surface area contributed by atoms with Gasteiger partial charge in [0.05, 0.1) is 5.75 Å². The van der Waals surface area contributed by atoms with E-state index in [-0.39, 0.29) is 11.8 Å². The number of piperidine rings is 1. The van der Waals surface area contributed by atoms with Crippen molar-refractivity contribution in [3.63, 3.8) is 0 Å². The highest BCUT2D eigenvalue weighted by molar-refractivity contribution is 7.88. The van der Waals surface area contributed by atoms with Gasteiger partial charge in [-0.3, -0.25) is 0 Å². The Morgan fingerprint density at radius 3 is 2.76 bits per heavy atom. The molecule has 1 aliphatic heterocycles. The number of hydrogen-bond donors (Lipinski definition) is 1. The predicted octanol–water partition coefficient (Wildman–Crippen LogP) is 2.63. The van der Waals surface area contributed by atoms with Gasteiger partial charge in [0.2, 0.25) is 10.0 Å². The summed E-state index contributed by atoms with van der Waals surface area (Å²) >= 11 is 0. The van der Waals surface area contributed by atoms with Gasteiger partial charge in [-0.05, 0) is 30.4 Å². The second-order valence-corrected chi connectivity index (χ2v) is 7.75. The Hall–Kier alpha value is -0.910. The molecule has 4 nitrogen and oxygen atoms in total. The molecule has 0 aromatic heterocycles. The van der Waals surface area contributed by atoms with Crippen molar-refractivity contribution in [3.8, 4) is 0 Å². The molecule has 0 spiro atoms. The molecule has 0 bridgehead atoms. The SMILES string of the molecule is CCCC1CCCCN1S(=O)(=O)Cc1cccc(CN)c1. The molecule has 1 atom stereocenters. The highest BCUT2D eigenvalue weighted by atomic mass is 32.2. The Bertz CT molecular complexity index is 555. The van der Waals surface area contributed by atoms with Crippen LogP contribution >= 0.6 is 0 Å². The lowest BCUT2D eigenvalue weighted by atomic mass is 10.0. The smallest absolute Gasteiger partial charge is 0.218 e. The summed E-state index contributed by atoms with van der Waals surface area (Å²) in [7, 11) is -3.24. The van der Waals surface area contributed by atoms with Crippen LogP contribution in [0.3, 0.4) is 0 Å². The van der Waals surface area contributed by atoms with E-state index in [0.29, 0.717) is 13.1 Å². The van der Waals surface area contributed by atoms with E-state index >= 15 is 0 Å². The van der Waals surface area contributed by atoms with Crippen molar-refractivity contribution in [1.82, 2.24) is 4.31 Å². The molecule has 5 heteroatoms. The predicted molar refractivity (Wildman–Crippen MR) is 86.2 cm³/mol. The van der Waals surface area contributed by atoms with Gasteiger partial charge in [0.1, 0.15) is 0 Å². The van der Waals surface area contributed by atoms with E-state index in [2.05, 4.69) is 6.92 Å². The minimum absolute atomic E-state index is 0.0844. The van der Waals surface area contributed by atoms with Crippen LogP contribution in [-0.4, -0.2) is 25.3 Å². The third-order valence-electron chi connectivity index (χ3n) is 4.13. The lowest BCUT2D eigenvalue weighted by Crippen LogP contribution is -2.44. The summed E-state index contributed by atoms with van der Waals surface area (Å²) in [5.74, 6) is 0.0844. The molecule has 2 rings (SSSR count). The van der Waals surface area contributed by atoms with Crippen LogP contribution in [0.25, 0.3) is 0 Å². The van der Waals surface area contributed by atoms with E-state index < -0.39 is 10.0 Å². The van der Waals surface area contributed by atoms with Crippen molar-refractivity contribution in [2.45, 2.75) is 57.4 Å². The zero-order valence-corrected chi connectivity index (χ0v) is 13.6. The van der Waals surface area contributed by atoms with Gasteiger partial charge >= 0.3 is 0 Å². The zero-order valence-electron chi connectivity index (χ0n) is 12.8. The molecular formula is C16H26N2O2S. The first-order valence-electron chi connectivity index (χ1n) is 7.84. The van der Waals surface area contributed by atoms with E-state index in [4.69, 9.17) is 5.73 Å². The van der Waals surface area contributed by atoms with Crippen molar-refractivity contribution in [2.24, 2.45) is 5.73 Å². The van der Waals surface area contributed by atoms with Gasteiger partial charge in [-0.15, -0.1) is 0 Å². The average molecular weight is 310 g/mol.